The molecule has 1 aromatic carbocycles. The van der Waals surface area contributed by atoms with Gasteiger partial charge in [0.05, 0.1) is 10.2 Å². The molecule has 4 rings (SSSR count). The standard InChI is InChI=1S/C15H14BrN5S/c16-11-2-3-12-13(10-11)22-15(19-12)21-8-6-20(7-9-21)14-17-4-1-5-18-14/h1-5,10H,6-9H2. The van der Waals surface area contributed by atoms with Crippen molar-refractivity contribution in [1.82, 2.24) is 15.0 Å². The Bertz CT molecular complexity index is 783. The maximum Gasteiger partial charge on any atom is 0.225 e. The highest BCUT2D eigenvalue weighted by Crippen LogP contribution is 2.31. The molecule has 0 saturated carbocycles. The smallest absolute Gasteiger partial charge is 0.225 e. The van der Waals surface area contributed by atoms with E-state index >= 15 is 0 Å². The molecule has 0 amide bonds. The van der Waals surface area contributed by atoms with E-state index in [9.17, 15) is 0 Å². The molecule has 0 radical (unpaired) electrons. The van der Waals surface area contributed by atoms with Crippen LogP contribution >= 0.6 is 27.3 Å². The van der Waals surface area contributed by atoms with Gasteiger partial charge in [0.2, 0.25) is 5.95 Å². The Kier molecular flexibility index (Phi) is 3.67. The Morgan fingerprint density at radius 1 is 1.00 bits per heavy atom. The fraction of sp³-hybridized carbons (Fsp3) is 0.267. The number of fused-ring (bicyclic) bond motifs is 1. The monoisotopic (exact) mass is 375 g/mol. The van der Waals surface area contributed by atoms with E-state index in [0.717, 1.165) is 47.2 Å². The van der Waals surface area contributed by atoms with E-state index in [1.807, 2.05) is 12.1 Å². The summed E-state index contributed by atoms with van der Waals surface area (Å²) in [6.45, 7) is 3.73. The van der Waals surface area contributed by atoms with E-state index in [4.69, 9.17) is 4.98 Å². The zero-order valence-corrected chi connectivity index (χ0v) is 14.2. The Balaban J connectivity index is 1.50. The summed E-state index contributed by atoms with van der Waals surface area (Å²) in [5.74, 6) is 0.815. The normalized spacial score (nSPS) is 15.5. The van der Waals surface area contributed by atoms with Crippen LogP contribution < -0.4 is 9.80 Å². The van der Waals surface area contributed by atoms with Crippen LogP contribution in [0, 0.1) is 0 Å². The van der Waals surface area contributed by atoms with Crippen molar-refractivity contribution in [3.8, 4) is 0 Å². The zero-order chi connectivity index (χ0) is 14.9. The molecule has 3 aromatic rings. The SMILES string of the molecule is Brc1ccc2nc(N3CCN(c4ncccn4)CC3)sc2c1. The van der Waals surface area contributed by atoms with Crippen molar-refractivity contribution in [3.05, 3.63) is 41.1 Å². The topological polar surface area (TPSA) is 45.2 Å². The maximum absolute atomic E-state index is 4.75. The van der Waals surface area contributed by atoms with E-state index in [1.54, 1.807) is 23.7 Å². The molecule has 1 aliphatic heterocycles. The number of benzene rings is 1. The fourth-order valence-electron chi connectivity index (χ4n) is 2.57. The average molecular weight is 376 g/mol. The van der Waals surface area contributed by atoms with E-state index in [2.05, 4.69) is 47.8 Å². The van der Waals surface area contributed by atoms with Crippen molar-refractivity contribution in [2.75, 3.05) is 36.0 Å². The van der Waals surface area contributed by atoms with Gasteiger partial charge in [0.1, 0.15) is 0 Å². The van der Waals surface area contributed by atoms with Gasteiger partial charge in [-0.25, -0.2) is 15.0 Å². The molecule has 1 aliphatic rings. The molecular weight excluding hydrogens is 362 g/mol. The zero-order valence-electron chi connectivity index (χ0n) is 11.8. The van der Waals surface area contributed by atoms with Gasteiger partial charge in [-0.15, -0.1) is 0 Å². The van der Waals surface area contributed by atoms with E-state index in [-0.39, 0.29) is 0 Å². The number of halogens is 1. The lowest BCUT2D eigenvalue weighted by molar-refractivity contribution is 0.639. The third-order valence-corrected chi connectivity index (χ3v) is 5.30. The third-order valence-electron chi connectivity index (χ3n) is 3.72. The Hall–Kier alpha value is -1.73. The maximum atomic E-state index is 4.75. The van der Waals surface area contributed by atoms with Crippen LogP contribution in [0.4, 0.5) is 11.1 Å². The van der Waals surface area contributed by atoms with Gasteiger partial charge in [-0.1, -0.05) is 27.3 Å². The van der Waals surface area contributed by atoms with Crippen LogP contribution in [0.3, 0.4) is 0 Å². The highest BCUT2D eigenvalue weighted by molar-refractivity contribution is 9.10. The largest absolute Gasteiger partial charge is 0.345 e. The van der Waals surface area contributed by atoms with Crippen molar-refractivity contribution in [2.24, 2.45) is 0 Å². The number of hydrogen-bond donors (Lipinski definition) is 0. The molecule has 0 unspecified atom stereocenters. The lowest BCUT2D eigenvalue weighted by Gasteiger charge is -2.34. The summed E-state index contributed by atoms with van der Waals surface area (Å²) in [7, 11) is 0. The van der Waals surface area contributed by atoms with Crippen molar-refractivity contribution in [3.63, 3.8) is 0 Å². The Labute approximate surface area is 140 Å². The summed E-state index contributed by atoms with van der Waals surface area (Å²) in [6.07, 6.45) is 3.58. The molecule has 1 saturated heterocycles. The first-order valence-corrected chi connectivity index (χ1v) is 8.73. The van der Waals surface area contributed by atoms with Crippen LogP contribution in [-0.4, -0.2) is 41.1 Å². The van der Waals surface area contributed by atoms with Gasteiger partial charge in [0.15, 0.2) is 5.13 Å². The van der Waals surface area contributed by atoms with Gasteiger partial charge < -0.3 is 9.80 Å². The van der Waals surface area contributed by atoms with Crippen molar-refractivity contribution >= 4 is 48.6 Å². The second-order valence-corrected chi connectivity index (χ2v) is 7.06. The molecule has 0 bridgehead atoms. The molecule has 0 atom stereocenters. The van der Waals surface area contributed by atoms with Gasteiger partial charge in [-0.05, 0) is 24.3 Å². The average Bonchev–Trinajstić information content (AvgIpc) is 2.99. The van der Waals surface area contributed by atoms with Crippen LogP contribution in [0.5, 0.6) is 0 Å². The molecule has 3 heterocycles. The molecule has 0 N–H and O–H groups in total. The first-order chi connectivity index (χ1) is 10.8. The van der Waals surface area contributed by atoms with Crippen molar-refractivity contribution < 1.29 is 0 Å². The van der Waals surface area contributed by atoms with Crippen LogP contribution in [0.25, 0.3) is 10.2 Å². The minimum absolute atomic E-state index is 0.815. The molecule has 112 valence electrons. The number of piperazine rings is 1. The minimum atomic E-state index is 0.815. The molecular formula is C15H14BrN5S. The van der Waals surface area contributed by atoms with Crippen LogP contribution in [0.1, 0.15) is 0 Å². The number of aromatic nitrogens is 3. The third kappa shape index (κ3) is 2.66. The van der Waals surface area contributed by atoms with Crippen molar-refractivity contribution in [1.29, 1.82) is 0 Å². The van der Waals surface area contributed by atoms with E-state index < -0.39 is 0 Å². The highest BCUT2D eigenvalue weighted by atomic mass is 79.9. The molecule has 0 aliphatic carbocycles. The van der Waals surface area contributed by atoms with Crippen LogP contribution in [0.2, 0.25) is 0 Å². The van der Waals surface area contributed by atoms with E-state index in [0.29, 0.717) is 0 Å². The lowest BCUT2D eigenvalue weighted by Crippen LogP contribution is -2.47. The molecule has 2 aromatic heterocycles. The molecule has 0 spiro atoms. The Morgan fingerprint density at radius 3 is 2.50 bits per heavy atom. The van der Waals surface area contributed by atoms with Gasteiger partial charge >= 0.3 is 0 Å². The lowest BCUT2D eigenvalue weighted by atomic mass is 10.3. The number of nitrogens with zero attached hydrogens (tertiary/aromatic N) is 5. The van der Waals surface area contributed by atoms with Crippen LogP contribution in [-0.2, 0) is 0 Å². The van der Waals surface area contributed by atoms with Gasteiger partial charge in [-0.3, -0.25) is 0 Å². The molecule has 7 heteroatoms. The second-order valence-electron chi connectivity index (χ2n) is 5.13. The van der Waals surface area contributed by atoms with Gasteiger partial charge in [0, 0.05) is 43.0 Å². The number of anilines is 2. The Morgan fingerprint density at radius 2 is 1.73 bits per heavy atom. The quantitative estimate of drug-likeness (QED) is 0.688. The predicted octanol–water partition coefficient (Wildman–Crippen LogP) is 3.18. The second kappa shape index (κ2) is 5.81. The summed E-state index contributed by atoms with van der Waals surface area (Å²) in [4.78, 5) is 18.0. The first kappa shape index (κ1) is 13.9. The fourth-order valence-corrected chi connectivity index (χ4v) is 4.14. The first-order valence-electron chi connectivity index (χ1n) is 7.12. The summed E-state index contributed by atoms with van der Waals surface area (Å²) in [5.41, 5.74) is 1.07. The molecule has 5 nitrogen and oxygen atoms in total. The van der Waals surface area contributed by atoms with Crippen LogP contribution in [0.15, 0.2) is 41.1 Å². The summed E-state index contributed by atoms with van der Waals surface area (Å²) >= 11 is 5.27. The van der Waals surface area contributed by atoms with Gasteiger partial charge in [-0.2, -0.15) is 0 Å². The number of rotatable bonds is 2. The summed E-state index contributed by atoms with van der Waals surface area (Å²) in [5, 5.41) is 1.10. The highest BCUT2D eigenvalue weighted by Gasteiger charge is 2.21. The molecule has 22 heavy (non-hydrogen) atoms. The number of hydrogen-bond acceptors (Lipinski definition) is 6. The predicted molar refractivity (Wildman–Crippen MR) is 93.8 cm³/mol. The van der Waals surface area contributed by atoms with Crippen molar-refractivity contribution in [2.45, 2.75) is 0 Å². The summed E-state index contributed by atoms with van der Waals surface area (Å²) < 4.78 is 2.32. The minimum Gasteiger partial charge on any atom is -0.345 e. The van der Waals surface area contributed by atoms with Gasteiger partial charge in [0.25, 0.3) is 0 Å². The number of thiazole rings is 1. The summed E-state index contributed by atoms with van der Waals surface area (Å²) in [6, 6.07) is 8.08. The molecule has 1 fully saturated rings. The van der Waals surface area contributed by atoms with E-state index in [1.165, 1.54) is 4.70 Å².